The van der Waals surface area contributed by atoms with E-state index in [0.717, 1.165) is 22.2 Å². The first kappa shape index (κ1) is 29.3. The molecule has 2 atom stereocenters. The maximum Gasteiger partial charge on any atom is 0.230 e. The average Bonchev–Trinajstić information content (AvgIpc) is 3.66. The number of nitrogens with one attached hydrogen (secondary N) is 1. The molecule has 4 heterocycles. The standard InChI is InChI=1S/C31H31ClFN5O4S/c1-19(2)30(40)37-10-9-31(17-37)24(8-11-43(31,41)42)29(39)36-28-14-23(25(32)15-34-28)21-6-7-26-27(13-21)38(18-35-26)16-20-4-3-5-22(33)12-20/h3-7,12-15,18-19,24H,8-11,16-17H2,1-2H3,(H,34,36,39). The van der Waals surface area contributed by atoms with Crippen molar-refractivity contribution in [2.45, 2.75) is 38.0 Å². The third kappa shape index (κ3) is 5.29. The SMILES string of the molecule is CC(C)C(=O)N1CCC2(C1)C(C(=O)Nc1cc(-c3ccc4ncn(Cc5cccc(F)c5)c4c3)c(Cl)cn1)CCS2(=O)=O. The fourth-order valence-corrected chi connectivity index (χ4v) is 8.93. The fraction of sp³-hybridized carbons (Fsp3) is 0.355. The summed E-state index contributed by atoms with van der Waals surface area (Å²) in [5, 5.41) is 3.20. The number of aromatic nitrogens is 3. The molecule has 4 aromatic rings. The van der Waals surface area contributed by atoms with Crippen LogP contribution in [0.3, 0.4) is 0 Å². The lowest BCUT2D eigenvalue weighted by Gasteiger charge is -2.29. The van der Waals surface area contributed by atoms with E-state index in [1.807, 2.05) is 28.8 Å². The maximum atomic E-state index is 13.7. The zero-order valence-corrected chi connectivity index (χ0v) is 25.3. The van der Waals surface area contributed by atoms with Gasteiger partial charge in [0.05, 0.1) is 34.1 Å². The van der Waals surface area contributed by atoms with Crippen LogP contribution in [0.25, 0.3) is 22.2 Å². The molecular weight excluding hydrogens is 593 g/mol. The van der Waals surface area contributed by atoms with Crippen LogP contribution in [0, 0.1) is 17.7 Å². The van der Waals surface area contributed by atoms with Crippen LogP contribution in [0.4, 0.5) is 10.2 Å². The Morgan fingerprint density at radius 3 is 2.74 bits per heavy atom. The Morgan fingerprint density at radius 2 is 1.98 bits per heavy atom. The van der Waals surface area contributed by atoms with Gasteiger partial charge in [-0.15, -0.1) is 0 Å². The lowest BCUT2D eigenvalue weighted by atomic mass is 9.88. The second-order valence-electron chi connectivity index (χ2n) is 11.6. The van der Waals surface area contributed by atoms with Crippen LogP contribution in [0.5, 0.6) is 0 Å². The van der Waals surface area contributed by atoms with Gasteiger partial charge in [-0.1, -0.05) is 43.6 Å². The summed E-state index contributed by atoms with van der Waals surface area (Å²) in [6.45, 7) is 4.31. The number of carbonyl (C=O) groups is 2. The van der Waals surface area contributed by atoms with Gasteiger partial charge in [-0.25, -0.2) is 22.8 Å². The molecule has 224 valence electrons. The van der Waals surface area contributed by atoms with Gasteiger partial charge in [0.1, 0.15) is 16.4 Å². The summed E-state index contributed by atoms with van der Waals surface area (Å²) in [6, 6.07) is 13.7. The molecule has 2 aliphatic heterocycles. The molecule has 2 saturated heterocycles. The molecule has 2 aromatic heterocycles. The van der Waals surface area contributed by atoms with Crippen molar-refractivity contribution < 1.29 is 22.4 Å². The molecule has 6 rings (SSSR count). The van der Waals surface area contributed by atoms with Crippen molar-refractivity contribution in [1.29, 1.82) is 0 Å². The van der Waals surface area contributed by atoms with Crippen molar-refractivity contribution in [3.05, 3.63) is 77.5 Å². The molecule has 43 heavy (non-hydrogen) atoms. The Bertz CT molecular complexity index is 1860. The number of carbonyl (C=O) groups excluding carboxylic acids is 2. The Kier molecular flexibility index (Phi) is 7.50. The molecule has 0 aliphatic carbocycles. The molecule has 1 spiro atoms. The molecule has 12 heteroatoms. The molecular formula is C31H31ClFN5O4S. The number of hydrogen-bond acceptors (Lipinski definition) is 6. The fourth-order valence-electron chi connectivity index (χ4n) is 6.35. The van der Waals surface area contributed by atoms with Crippen LogP contribution in [-0.2, 0) is 26.0 Å². The van der Waals surface area contributed by atoms with Crippen LogP contribution in [0.1, 0.15) is 32.3 Å². The number of benzene rings is 2. The number of fused-ring (bicyclic) bond motifs is 1. The Balaban J connectivity index is 1.26. The normalized spacial score (nSPS) is 21.2. The zero-order valence-electron chi connectivity index (χ0n) is 23.8. The van der Waals surface area contributed by atoms with Gasteiger partial charge >= 0.3 is 0 Å². The van der Waals surface area contributed by atoms with Crippen molar-refractivity contribution >= 4 is 50.1 Å². The topological polar surface area (TPSA) is 114 Å². The highest BCUT2D eigenvalue weighted by Gasteiger charge is 2.61. The minimum Gasteiger partial charge on any atom is -0.341 e. The van der Waals surface area contributed by atoms with Gasteiger partial charge in [0.25, 0.3) is 0 Å². The minimum atomic E-state index is -3.59. The van der Waals surface area contributed by atoms with E-state index in [0.29, 0.717) is 23.7 Å². The number of pyridine rings is 1. The van der Waals surface area contributed by atoms with E-state index in [4.69, 9.17) is 11.6 Å². The first-order valence-corrected chi connectivity index (χ1v) is 16.2. The summed E-state index contributed by atoms with van der Waals surface area (Å²) < 4.78 is 40.8. The van der Waals surface area contributed by atoms with Crippen molar-refractivity contribution in [3.8, 4) is 11.1 Å². The predicted molar refractivity (Wildman–Crippen MR) is 163 cm³/mol. The molecule has 2 aromatic carbocycles. The predicted octanol–water partition coefficient (Wildman–Crippen LogP) is 4.94. The highest BCUT2D eigenvalue weighted by molar-refractivity contribution is 7.93. The van der Waals surface area contributed by atoms with E-state index >= 15 is 0 Å². The van der Waals surface area contributed by atoms with E-state index in [9.17, 15) is 22.4 Å². The Labute approximate surface area is 254 Å². The molecule has 0 bridgehead atoms. The summed E-state index contributed by atoms with van der Waals surface area (Å²) in [5.41, 5.74) is 3.75. The second-order valence-corrected chi connectivity index (χ2v) is 14.5. The van der Waals surface area contributed by atoms with Crippen LogP contribution < -0.4 is 5.32 Å². The second kappa shape index (κ2) is 11.0. The monoisotopic (exact) mass is 623 g/mol. The van der Waals surface area contributed by atoms with E-state index in [2.05, 4.69) is 15.3 Å². The van der Waals surface area contributed by atoms with Crippen LogP contribution >= 0.6 is 11.6 Å². The largest absolute Gasteiger partial charge is 0.341 e. The summed E-state index contributed by atoms with van der Waals surface area (Å²) in [6.07, 6.45) is 3.56. The van der Waals surface area contributed by atoms with Crippen molar-refractivity contribution in [2.75, 3.05) is 24.2 Å². The maximum absolute atomic E-state index is 13.7. The summed E-state index contributed by atoms with van der Waals surface area (Å²) in [7, 11) is -3.59. The van der Waals surface area contributed by atoms with Crippen LogP contribution in [-0.4, -0.2) is 63.3 Å². The van der Waals surface area contributed by atoms with E-state index in [-0.39, 0.29) is 48.6 Å². The average molecular weight is 624 g/mol. The number of likely N-dealkylation sites (tertiary alicyclic amines) is 1. The highest BCUT2D eigenvalue weighted by Crippen LogP contribution is 2.45. The van der Waals surface area contributed by atoms with Crippen molar-refractivity contribution in [3.63, 3.8) is 0 Å². The van der Waals surface area contributed by atoms with Gasteiger partial charge in [-0.05, 0) is 54.3 Å². The molecule has 0 saturated carbocycles. The van der Waals surface area contributed by atoms with E-state index < -0.39 is 26.4 Å². The number of anilines is 1. The first-order chi connectivity index (χ1) is 20.5. The zero-order chi connectivity index (χ0) is 30.5. The quantitative estimate of drug-likeness (QED) is 0.325. The summed E-state index contributed by atoms with van der Waals surface area (Å²) >= 11 is 6.56. The third-order valence-electron chi connectivity index (χ3n) is 8.60. The Morgan fingerprint density at radius 1 is 1.16 bits per heavy atom. The molecule has 2 aliphatic rings. The Hall–Kier alpha value is -3.83. The van der Waals surface area contributed by atoms with Gasteiger partial charge in [-0.3, -0.25) is 9.59 Å². The lowest BCUT2D eigenvalue weighted by molar-refractivity contribution is -0.133. The number of sulfone groups is 1. The molecule has 2 unspecified atom stereocenters. The van der Waals surface area contributed by atoms with Gasteiger partial charge in [0.15, 0.2) is 9.84 Å². The van der Waals surface area contributed by atoms with E-state index in [1.54, 1.807) is 37.2 Å². The highest BCUT2D eigenvalue weighted by atomic mass is 35.5. The third-order valence-corrected chi connectivity index (χ3v) is 11.5. The van der Waals surface area contributed by atoms with Gasteiger partial charge in [-0.2, -0.15) is 0 Å². The number of imidazole rings is 1. The van der Waals surface area contributed by atoms with Crippen LogP contribution in [0.15, 0.2) is 61.1 Å². The van der Waals surface area contributed by atoms with Crippen molar-refractivity contribution in [1.82, 2.24) is 19.4 Å². The molecule has 0 radical (unpaired) electrons. The summed E-state index contributed by atoms with van der Waals surface area (Å²) in [5.74, 6) is -1.79. The number of halogens is 2. The smallest absolute Gasteiger partial charge is 0.230 e. The van der Waals surface area contributed by atoms with Gasteiger partial charge < -0.3 is 14.8 Å². The number of amides is 2. The number of hydrogen-bond donors (Lipinski definition) is 1. The molecule has 1 N–H and O–H groups in total. The minimum absolute atomic E-state index is 0.0209. The molecule has 2 fully saturated rings. The van der Waals surface area contributed by atoms with Crippen LogP contribution in [0.2, 0.25) is 5.02 Å². The van der Waals surface area contributed by atoms with Crippen molar-refractivity contribution in [2.24, 2.45) is 11.8 Å². The molecule has 2 amide bonds. The van der Waals surface area contributed by atoms with E-state index in [1.165, 1.54) is 18.3 Å². The molecule has 9 nitrogen and oxygen atoms in total. The van der Waals surface area contributed by atoms with Gasteiger partial charge in [0.2, 0.25) is 11.8 Å². The summed E-state index contributed by atoms with van der Waals surface area (Å²) in [4.78, 5) is 36.6. The van der Waals surface area contributed by atoms with Gasteiger partial charge in [0, 0.05) is 37.3 Å². The first-order valence-electron chi connectivity index (χ1n) is 14.1. The lowest BCUT2D eigenvalue weighted by Crippen LogP contribution is -2.48. The number of nitrogens with zero attached hydrogens (tertiary/aromatic N) is 4. The number of rotatable bonds is 6.